The zero-order valence-corrected chi connectivity index (χ0v) is 10.4. The summed E-state index contributed by atoms with van der Waals surface area (Å²) in [7, 11) is 0. The molecule has 2 nitrogen and oxygen atoms in total. The highest BCUT2D eigenvalue weighted by Gasteiger charge is 2.10. The lowest BCUT2D eigenvalue weighted by molar-refractivity contribution is 0.836. The lowest BCUT2D eigenvalue weighted by atomic mass is 9.93. The number of hydrogen-bond donors (Lipinski definition) is 0. The molecule has 2 rings (SSSR count). The van der Waals surface area contributed by atoms with E-state index in [1.165, 1.54) is 16.5 Å². The number of nitrogens with zero attached hydrogens (tertiary/aromatic N) is 2. The van der Waals surface area contributed by atoms with Crippen LogP contribution < -0.4 is 0 Å². The molecule has 0 atom stereocenters. The first-order valence-electron chi connectivity index (χ1n) is 5.85. The first-order valence-corrected chi connectivity index (χ1v) is 5.85. The molecule has 0 aliphatic carbocycles. The van der Waals surface area contributed by atoms with E-state index < -0.39 is 0 Å². The van der Waals surface area contributed by atoms with Gasteiger partial charge in [0.15, 0.2) is 0 Å². The van der Waals surface area contributed by atoms with Crippen molar-refractivity contribution in [2.75, 3.05) is 0 Å². The molecule has 2 aromatic rings. The summed E-state index contributed by atoms with van der Waals surface area (Å²) in [4.78, 5) is 0. The first-order chi connectivity index (χ1) is 7.59. The Morgan fingerprint density at radius 1 is 1.00 bits per heavy atom. The Bertz CT molecular complexity index is 501. The Kier molecular flexibility index (Phi) is 2.90. The minimum atomic E-state index is 0.484. The summed E-state index contributed by atoms with van der Waals surface area (Å²) >= 11 is 0. The van der Waals surface area contributed by atoms with Crippen LogP contribution in [0, 0.1) is 0 Å². The van der Waals surface area contributed by atoms with Gasteiger partial charge in [0.2, 0.25) is 0 Å². The van der Waals surface area contributed by atoms with E-state index in [1.807, 2.05) is 6.07 Å². The molecule has 0 unspecified atom stereocenters. The van der Waals surface area contributed by atoms with Crippen molar-refractivity contribution in [2.45, 2.75) is 39.5 Å². The zero-order chi connectivity index (χ0) is 11.7. The number of fused-ring (bicyclic) bond motifs is 1. The molecule has 84 valence electrons. The van der Waals surface area contributed by atoms with Gasteiger partial charge in [0.25, 0.3) is 0 Å². The summed E-state index contributed by atoms with van der Waals surface area (Å²) < 4.78 is 0. The van der Waals surface area contributed by atoms with Gasteiger partial charge in [-0.1, -0.05) is 33.8 Å². The van der Waals surface area contributed by atoms with Crippen LogP contribution in [0.3, 0.4) is 0 Å². The summed E-state index contributed by atoms with van der Waals surface area (Å²) in [5, 5.41) is 9.43. The summed E-state index contributed by atoms with van der Waals surface area (Å²) in [5.74, 6) is 1.04. The Hall–Kier alpha value is -1.44. The van der Waals surface area contributed by atoms with Crippen LogP contribution in [0.5, 0.6) is 0 Å². The van der Waals surface area contributed by atoms with Gasteiger partial charge in [-0.25, -0.2) is 0 Å². The fourth-order valence-electron chi connectivity index (χ4n) is 1.92. The summed E-state index contributed by atoms with van der Waals surface area (Å²) in [6.45, 7) is 8.85. The van der Waals surface area contributed by atoms with Gasteiger partial charge in [0, 0.05) is 5.39 Å². The van der Waals surface area contributed by atoms with E-state index in [-0.39, 0.29) is 0 Å². The molecule has 16 heavy (non-hydrogen) atoms. The average Bonchev–Trinajstić information content (AvgIpc) is 2.27. The van der Waals surface area contributed by atoms with Crippen LogP contribution >= 0.6 is 0 Å². The summed E-state index contributed by atoms with van der Waals surface area (Å²) in [6.07, 6.45) is 1.76. The van der Waals surface area contributed by atoms with Crippen LogP contribution in [0.1, 0.15) is 50.7 Å². The van der Waals surface area contributed by atoms with Gasteiger partial charge < -0.3 is 0 Å². The molecule has 0 saturated carbocycles. The predicted octanol–water partition coefficient (Wildman–Crippen LogP) is 3.88. The van der Waals surface area contributed by atoms with Gasteiger partial charge in [-0.15, -0.1) is 0 Å². The molecule has 0 radical (unpaired) electrons. The Labute approximate surface area is 96.7 Å². The maximum absolute atomic E-state index is 4.25. The second kappa shape index (κ2) is 4.20. The van der Waals surface area contributed by atoms with Gasteiger partial charge in [0.05, 0.1) is 11.7 Å². The van der Waals surface area contributed by atoms with Gasteiger partial charge in [0.1, 0.15) is 0 Å². The highest BCUT2D eigenvalue weighted by Crippen LogP contribution is 2.28. The van der Waals surface area contributed by atoms with Crippen molar-refractivity contribution in [3.05, 3.63) is 35.5 Å². The normalized spacial score (nSPS) is 11.6. The minimum Gasteiger partial charge on any atom is -0.159 e. The second-order valence-electron chi connectivity index (χ2n) is 4.89. The molecular formula is C14H18N2. The molecule has 0 aliphatic heterocycles. The van der Waals surface area contributed by atoms with Gasteiger partial charge in [-0.05, 0) is 35.1 Å². The molecule has 0 bridgehead atoms. The highest BCUT2D eigenvalue weighted by atomic mass is 15.1. The van der Waals surface area contributed by atoms with Crippen molar-refractivity contribution in [2.24, 2.45) is 0 Å². The van der Waals surface area contributed by atoms with Crippen molar-refractivity contribution >= 4 is 10.9 Å². The van der Waals surface area contributed by atoms with E-state index in [2.05, 4.69) is 50.0 Å². The molecule has 0 amide bonds. The van der Waals surface area contributed by atoms with Crippen LogP contribution in [-0.4, -0.2) is 10.2 Å². The van der Waals surface area contributed by atoms with Gasteiger partial charge in [-0.2, -0.15) is 10.2 Å². The molecule has 0 saturated heterocycles. The SMILES string of the molecule is CC(C)c1cc(C(C)C)c2nnccc2c1. The smallest absolute Gasteiger partial charge is 0.0964 e. The third-order valence-corrected chi connectivity index (χ3v) is 2.96. The molecule has 0 spiro atoms. The monoisotopic (exact) mass is 214 g/mol. The highest BCUT2D eigenvalue weighted by molar-refractivity contribution is 5.82. The average molecular weight is 214 g/mol. The van der Waals surface area contributed by atoms with E-state index in [0.717, 1.165) is 5.52 Å². The van der Waals surface area contributed by atoms with E-state index in [0.29, 0.717) is 11.8 Å². The summed E-state index contributed by atoms with van der Waals surface area (Å²) in [5.41, 5.74) is 3.72. The topological polar surface area (TPSA) is 25.8 Å². The third-order valence-electron chi connectivity index (χ3n) is 2.96. The largest absolute Gasteiger partial charge is 0.159 e. The van der Waals surface area contributed by atoms with Crippen molar-refractivity contribution in [1.29, 1.82) is 0 Å². The van der Waals surface area contributed by atoms with Crippen molar-refractivity contribution in [3.8, 4) is 0 Å². The van der Waals surface area contributed by atoms with Gasteiger partial charge >= 0.3 is 0 Å². The summed E-state index contributed by atoms with van der Waals surface area (Å²) in [6, 6.07) is 6.53. The molecule has 1 heterocycles. The van der Waals surface area contributed by atoms with Crippen molar-refractivity contribution in [3.63, 3.8) is 0 Å². The molecule has 0 N–H and O–H groups in total. The van der Waals surface area contributed by atoms with Crippen LogP contribution in [0.2, 0.25) is 0 Å². The number of aromatic nitrogens is 2. The Balaban J connectivity index is 2.74. The maximum Gasteiger partial charge on any atom is 0.0964 e. The van der Waals surface area contributed by atoms with E-state index in [4.69, 9.17) is 0 Å². The third kappa shape index (κ3) is 1.92. The first kappa shape index (κ1) is 11.1. The Morgan fingerprint density at radius 3 is 2.38 bits per heavy atom. The van der Waals surface area contributed by atoms with Crippen LogP contribution in [-0.2, 0) is 0 Å². The molecular weight excluding hydrogens is 196 g/mol. The fourth-order valence-corrected chi connectivity index (χ4v) is 1.92. The van der Waals surface area contributed by atoms with E-state index >= 15 is 0 Å². The molecule has 1 aromatic heterocycles. The number of hydrogen-bond acceptors (Lipinski definition) is 2. The predicted molar refractivity (Wildman–Crippen MR) is 67.7 cm³/mol. The quantitative estimate of drug-likeness (QED) is 0.758. The van der Waals surface area contributed by atoms with E-state index in [1.54, 1.807) is 6.20 Å². The lowest BCUT2D eigenvalue weighted by Crippen LogP contribution is -1.97. The van der Waals surface area contributed by atoms with E-state index in [9.17, 15) is 0 Å². The maximum atomic E-state index is 4.25. The molecule has 2 heteroatoms. The number of rotatable bonds is 2. The van der Waals surface area contributed by atoms with Crippen LogP contribution in [0.15, 0.2) is 24.4 Å². The zero-order valence-electron chi connectivity index (χ0n) is 10.4. The van der Waals surface area contributed by atoms with Gasteiger partial charge in [-0.3, -0.25) is 0 Å². The second-order valence-corrected chi connectivity index (χ2v) is 4.89. The number of benzene rings is 1. The Morgan fingerprint density at radius 2 is 1.75 bits per heavy atom. The van der Waals surface area contributed by atoms with Crippen molar-refractivity contribution in [1.82, 2.24) is 10.2 Å². The standard InChI is InChI=1S/C14H18N2/c1-9(2)12-7-11-5-6-15-16-14(11)13(8-12)10(3)4/h5-10H,1-4H3. The molecule has 0 aliphatic rings. The fraction of sp³-hybridized carbons (Fsp3) is 0.429. The minimum absolute atomic E-state index is 0.484. The lowest BCUT2D eigenvalue weighted by Gasteiger charge is -2.13. The van der Waals surface area contributed by atoms with Crippen molar-refractivity contribution < 1.29 is 0 Å². The van der Waals surface area contributed by atoms with Crippen LogP contribution in [0.25, 0.3) is 10.9 Å². The molecule has 0 fully saturated rings. The molecule has 1 aromatic carbocycles. The van der Waals surface area contributed by atoms with Crippen LogP contribution in [0.4, 0.5) is 0 Å².